The highest BCUT2D eigenvalue weighted by Gasteiger charge is 2.27. The Morgan fingerprint density at radius 2 is 2.05 bits per heavy atom. The van der Waals surface area contributed by atoms with Gasteiger partial charge in [-0.3, -0.25) is 0 Å². The molecule has 106 valence electrons. The average molecular weight is 283 g/mol. The normalized spacial score (nSPS) is 16.6. The maximum atomic E-state index is 12.5. The predicted molar refractivity (Wildman–Crippen MR) is 74.3 cm³/mol. The highest BCUT2D eigenvalue weighted by Crippen LogP contribution is 2.29. The monoisotopic (exact) mass is 283 g/mol. The van der Waals surface area contributed by atoms with Gasteiger partial charge in [0.15, 0.2) is 0 Å². The third-order valence-electron chi connectivity index (χ3n) is 3.86. The van der Waals surface area contributed by atoms with Crippen LogP contribution in [0.2, 0.25) is 0 Å². The van der Waals surface area contributed by atoms with E-state index in [1.54, 1.807) is 32.2 Å². The second kappa shape index (κ2) is 5.61. The molecule has 19 heavy (non-hydrogen) atoms. The molecule has 0 heterocycles. The van der Waals surface area contributed by atoms with Gasteiger partial charge in [0.1, 0.15) is 0 Å². The molecule has 0 aromatic heterocycles. The Morgan fingerprint density at radius 1 is 1.37 bits per heavy atom. The van der Waals surface area contributed by atoms with Gasteiger partial charge in [-0.1, -0.05) is 18.6 Å². The second-order valence-electron chi connectivity index (χ2n) is 5.34. The molecular formula is C14H21NO3S. The number of nitrogens with zero attached hydrogens (tertiary/aromatic N) is 1. The lowest BCUT2D eigenvalue weighted by Gasteiger charge is -2.30. The fraction of sp³-hybridized carbons (Fsp3) is 0.571. The first-order valence-corrected chi connectivity index (χ1v) is 8.06. The molecule has 4 nitrogen and oxygen atoms in total. The summed E-state index contributed by atoms with van der Waals surface area (Å²) in [5, 5.41) is 9.14. The highest BCUT2D eigenvalue weighted by molar-refractivity contribution is 7.89. The van der Waals surface area contributed by atoms with E-state index in [9.17, 15) is 8.42 Å². The smallest absolute Gasteiger partial charge is 0.243 e. The Bertz CT molecular complexity index is 550. The molecule has 1 saturated carbocycles. The second-order valence-corrected chi connectivity index (χ2v) is 7.35. The number of hydrogen-bond donors (Lipinski definition) is 1. The zero-order valence-corrected chi connectivity index (χ0v) is 12.3. The number of rotatable bonds is 5. The van der Waals surface area contributed by atoms with Crippen molar-refractivity contribution in [1.29, 1.82) is 0 Å². The summed E-state index contributed by atoms with van der Waals surface area (Å²) in [6.45, 7) is 2.23. The summed E-state index contributed by atoms with van der Waals surface area (Å²) in [4.78, 5) is 0.306. The Balaban J connectivity index is 2.26. The Kier molecular flexibility index (Phi) is 4.28. The molecule has 1 fully saturated rings. The van der Waals surface area contributed by atoms with E-state index in [0.717, 1.165) is 18.4 Å². The standard InChI is InChI=1S/C14H21NO3S/c1-11-6-7-13(10-16)8-14(11)19(17,18)15(2)9-12-4-3-5-12/h6-8,12,16H,3-5,9-10H2,1-2H3. The van der Waals surface area contributed by atoms with Crippen LogP contribution in [0.3, 0.4) is 0 Å². The van der Waals surface area contributed by atoms with Crippen LogP contribution in [-0.2, 0) is 16.6 Å². The minimum Gasteiger partial charge on any atom is -0.392 e. The summed E-state index contributed by atoms with van der Waals surface area (Å²) < 4.78 is 26.5. The minimum atomic E-state index is -3.45. The van der Waals surface area contributed by atoms with E-state index in [0.29, 0.717) is 22.9 Å². The number of aliphatic hydroxyl groups excluding tert-OH is 1. The summed E-state index contributed by atoms with van der Waals surface area (Å²) in [5.74, 6) is 0.501. The molecule has 1 aromatic rings. The van der Waals surface area contributed by atoms with Crippen molar-refractivity contribution >= 4 is 10.0 Å². The first-order valence-electron chi connectivity index (χ1n) is 6.62. The van der Waals surface area contributed by atoms with E-state index < -0.39 is 10.0 Å². The maximum Gasteiger partial charge on any atom is 0.243 e. The van der Waals surface area contributed by atoms with Crippen LogP contribution >= 0.6 is 0 Å². The van der Waals surface area contributed by atoms with Crippen molar-refractivity contribution in [2.75, 3.05) is 13.6 Å². The zero-order chi connectivity index (χ0) is 14.0. The Hall–Kier alpha value is -0.910. The number of aryl methyl sites for hydroxylation is 1. The quantitative estimate of drug-likeness (QED) is 0.898. The molecule has 1 N–H and O–H groups in total. The highest BCUT2D eigenvalue weighted by atomic mass is 32.2. The van der Waals surface area contributed by atoms with Crippen LogP contribution in [0.5, 0.6) is 0 Å². The van der Waals surface area contributed by atoms with Crippen LogP contribution in [0.25, 0.3) is 0 Å². The molecule has 0 bridgehead atoms. The van der Waals surface area contributed by atoms with Gasteiger partial charge in [0.05, 0.1) is 11.5 Å². The number of sulfonamides is 1. The van der Waals surface area contributed by atoms with E-state index in [4.69, 9.17) is 5.11 Å². The molecule has 0 unspecified atom stereocenters. The zero-order valence-electron chi connectivity index (χ0n) is 11.5. The van der Waals surface area contributed by atoms with Crippen molar-refractivity contribution in [2.24, 2.45) is 5.92 Å². The van der Waals surface area contributed by atoms with Gasteiger partial charge in [0.25, 0.3) is 0 Å². The summed E-state index contributed by atoms with van der Waals surface area (Å²) in [6, 6.07) is 5.07. The van der Waals surface area contributed by atoms with Crippen molar-refractivity contribution in [1.82, 2.24) is 4.31 Å². The van der Waals surface area contributed by atoms with Crippen LogP contribution in [0.15, 0.2) is 23.1 Å². The number of benzene rings is 1. The molecule has 0 saturated heterocycles. The Morgan fingerprint density at radius 3 is 2.58 bits per heavy atom. The van der Waals surface area contributed by atoms with E-state index in [-0.39, 0.29) is 6.61 Å². The maximum absolute atomic E-state index is 12.5. The lowest BCUT2D eigenvalue weighted by Crippen LogP contribution is -2.34. The number of hydrogen-bond acceptors (Lipinski definition) is 3. The lowest BCUT2D eigenvalue weighted by atomic mass is 9.86. The average Bonchev–Trinajstić information content (AvgIpc) is 2.33. The van der Waals surface area contributed by atoms with E-state index in [1.807, 2.05) is 0 Å². The predicted octanol–water partition coefficient (Wildman–Crippen LogP) is 1.91. The molecule has 0 amide bonds. The lowest BCUT2D eigenvalue weighted by molar-refractivity contribution is 0.263. The van der Waals surface area contributed by atoms with Crippen LogP contribution < -0.4 is 0 Å². The fourth-order valence-electron chi connectivity index (χ4n) is 2.33. The molecule has 0 atom stereocenters. The van der Waals surface area contributed by atoms with Gasteiger partial charge in [-0.25, -0.2) is 12.7 Å². The van der Waals surface area contributed by atoms with Crippen LogP contribution in [0.4, 0.5) is 0 Å². The molecule has 5 heteroatoms. The first kappa shape index (κ1) is 14.5. The van der Waals surface area contributed by atoms with Gasteiger partial charge in [0, 0.05) is 13.6 Å². The molecule has 2 rings (SSSR count). The summed E-state index contributed by atoms with van der Waals surface area (Å²) in [5.41, 5.74) is 1.35. The van der Waals surface area contributed by atoms with Gasteiger partial charge < -0.3 is 5.11 Å². The van der Waals surface area contributed by atoms with Gasteiger partial charge in [-0.15, -0.1) is 0 Å². The molecule has 1 aromatic carbocycles. The van der Waals surface area contributed by atoms with Crippen molar-refractivity contribution in [3.63, 3.8) is 0 Å². The van der Waals surface area contributed by atoms with Crippen LogP contribution in [-0.4, -0.2) is 31.4 Å². The van der Waals surface area contributed by atoms with Crippen molar-refractivity contribution in [3.05, 3.63) is 29.3 Å². The van der Waals surface area contributed by atoms with Crippen molar-refractivity contribution in [2.45, 2.75) is 37.7 Å². The van der Waals surface area contributed by atoms with E-state index in [2.05, 4.69) is 0 Å². The van der Waals surface area contributed by atoms with Gasteiger partial charge in [-0.2, -0.15) is 0 Å². The topological polar surface area (TPSA) is 57.6 Å². The van der Waals surface area contributed by atoms with Crippen molar-refractivity contribution in [3.8, 4) is 0 Å². The SMILES string of the molecule is Cc1ccc(CO)cc1S(=O)(=O)N(C)CC1CCC1. The van der Waals surface area contributed by atoms with Crippen molar-refractivity contribution < 1.29 is 13.5 Å². The van der Waals surface area contributed by atoms with Crippen LogP contribution in [0.1, 0.15) is 30.4 Å². The number of aliphatic hydroxyl groups is 1. The molecule has 1 aliphatic carbocycles. The van der Waals surface area contributed by atoms with Gasteiger partial charge >= 0.3 is 0 Å². The largest absolute Gasteiger partial charge is 0.392 e. The Labute approximate surface area is 115 Å². The summed E-state index contributed by atoms with van der Waals surface area (Å²) in [6.07, 6.45) is 3.45. The fourth-order valence-corrected chi connectivity index (χ4v) is 3.84. The van der Waals surface area contributed by atoms with Crippen LogP contribution in [0, 0.1) is 12.8 Å². The molecule has 0 aliphatic heterocycles. The molecule has 0 spiro atoms. The van der Waals surface area contributed by atoms with E-state index in [1.165, 1.54) is 10.7 Å². The van der Waals surface area contributed by atoms with Gasteiger partial charge in [0.2, 0.25) is 10.0 Å². The van der Waals surface area contributed by atoms with E-state index >= 15 is 0 Å². The molecular weight excluding hydrogens is 262 g/mol. The third kappa shape index (κ3) is 2.99. The summed E-state index contributed by atoms with van der Waals surface area (Å²) in [7, 11) is -1.81. The minimum absolute atomic E-state index is 0.144. The third-order valence-corrected chi connectivity index (χ3v) is 5.83. The van der Waals surface area contributed by atoms with Gasteiger partial charge in [-0.05, 0) is 42.9 Å². The molecule has 0 radical (unpaired) electrons. The summed E-state index contributed by atoms with van der Waals surface area (Å²) >= 11 is 0. The molecule has 1 aliphatic rings. The first-order chi connectivity index (χ1) is 8.95.